The van der Waals surface area contributed by atoms with Crippen LogP contribution in [0.1, 0.15) is 56.4 Å². The van der Waals surface area contributed by atoms with Crippen LogP contribution in [0, 0.1) is 11.8 Å². The van der Waals surface area contributed by atoms with Crippen LogP contribution in [0.2, 0.25) is 0 Å². The number of carbonyl (C=O) groups excluding carboxylic acids is 4. The van der Waals surface area contributed by atoms with Crippen LogP contribution in [0.15, 0.2) is 83.2 Å². The van der Waals surface area contributed by atoms with Gasteiger partial charge < -0.3 is 29.2 Å². The number of carbonyl (C=O) groups is 4. The van der Waals surface area contributed by atoms with Crippen LogP contribution >= 0.6 is 0 Å². The molecule has 6 unspecified atom stereocenters. The van der Waals surface area contributed by atoms with Crippen molar-refractivity contribution in [1.82, 2.24) is 20.2 Å². The van der Waals surface area contributed by atoms with Gasteiger partial charge >= 0.3 is 12.1 Å². The summed E-state index contributed by atoms with van der Waals surface area (Å²) in [7, 11) is 0. The Morgan fingerprint density at radius 3 is 2.81 bits per heavy atom. The van der Waals surface area contributed by atoms with Gasteiger partial charge in [-0.2, -0.15) is 0 Å². The molecule has 2 aliphatic heterocycles. The molecule has 2 bridgehead atoms. The number of hydrogen-bond acceptors (Lipinski definition) is 10. The van der Waals surface area contributed by atoms with Crippen LogP contribution in [-0.2, 0) is 25.5 Å². The molecule has 52 heavy (non-hydrogen) atoms. The molecule has 0 radical (unpaired) electrons. The van der Waals surface area contributed by atoms with Crippen LogP contribution < -0.4 is 10.6 Å². The zero-order valence-electron chi connectivity index (χ0n) is 29.4. The molecule has 14 heteroatoms. The zero-order chi connectivity index (χ0) is 37.2. The van der Waals surface area contributed by atoms with E-state index in [0.717, 1.165) is 17.0 Å². The van der Waals surface area contributed by atoms with Crippen molar-refractivity contribution >= 4 is 40.5 Å². The highest BCUT2D eigenvalue weighted by molar-refractivity contribution is 5.95. The summed E-state index contributed by atoms with van der Waals surface area (Å²) in [6.45, 7) is 5.57. The Morgan fingerprint density at radius 1 is 1.21 bits per heavy atom. The Kier molecular flexibility index (Phi) is 12.9. The largest absolute Gasteiger partial charge is 0.460 e. The van der Waals surface area contributed by atoms with E-state index in [-0.39, 0.29) is 44.1 Å². The van der Waals surface area contributed by atoms with Gasteiger partial charge in [-0.25, -0.2) is 23.9 Å². The molecule has 4 heterocycles. The van der Waals surface area contributed by atoms with E-state index >= 15 is 0 Å². The molecule has 13 nitrogen and oxygen atoms in total. The lowest BCUT2D eigenvalue weighted by molar-refractivity contribution is -0.159. The van der Waals surface area contributed by atoms with Crippen molar-refractivity contribution < 1.29 is 42.6 Å². The van der Waals surface area contributed by atoms with E-state index in [0.29, 0.717) is 24.2 Å². The van der Waals surface area contributed by atoms with Gasteiger partial charge in [0, 0.05) is 42.9 Å². The predicted molar refractivity (Wildman–Crippen MR) is 190 cm³/mol. The van der Waals surface area contributed by atoms with Crippen LogP contribution in [0.4, 0.5) is 15.0 Å². The highest BCUT2D eigenvalue weighted by atomic mass is 19.1. The van der Waals surface area contributed by atoms with Gasteiger partial charge in [-0.3, -0.25) is 14.9 Å². The molecule has 3 aromatic rings. The quantitative estimate of drug-likeness (QED) is 0.309. The number of rotatable bonds is 4. The average molecular weight is 718 g/mol. The number of fused-ring (bicyclic) bond motifs is 4. The van der Waals surface area contributed by atoms with Gasteiger partial charge in [0.1, 0.15) is 30.4 Å². The minimum atomic E-state index is -1.50. The van der Waals surface area contributed by atoms with E-state index in [9.17, 15) is 28.7 Å². The van der Waals surface area contributed by atoms with E-state index in [1.807, 2.05) is 24.3 Å². The first-order valence-electron chi connectivity index (χ1n) is 17.3. The molecule has 1 saturated heterocycles. The van der Waals surface area contributed by atoms with E-state index < -0.39 is 60.1 Å². The summed E-state index contributed by atoms with van der Waals surface area (Å²) in [5, 5.41) is 17.5. The molecule has 1 aromatic carbocycles. The van der Waals surface area contributed by atoms with Gasteiger partial charge in [-0.15, -0.1) is 0 Å². The standard InChI is InChI=1S/C38H44FN5O8/c1-23-8-6-14-40-33(46)13-12-24(2)35(25(3)21-51-38(49)43-32-17-26-9-4-5-10-27(26)20-41-32)52-37(48)31-11-7-15-44(31)36(47)30-22-50-34(42-30)19-28(39)18-29(45)16-23/h4-6,8-10,12-13,16-17,20,22,24-25,28-29,31,35,45H,7,11,14-15,18-19,21H2,1-3H3,(H,40,46)(H,41,43,49)/b8-6+,13-12+,23-16+. The van der Waals surface area contributed by atoms with Crippen molar-refractivity contribution in [1.29, 1.82) is 0 Å². The molecule has 3 amide bonds. The maximum Gasteiger partial charge on any atom is 0.412 e. The third kappa shape index (κ3) is 10.3. The highest BCUT2D eigenvalue weighted by Crippen LogP contribution is 2.26. The number of amides is 3. The van der Waals surface area contributed by atoms with Crippen LogP contribution in [0.3, 0.4) is 0 Å². The summed E-state index contributed by atoms with van der Waals surface area (Å²) in [5.74, 6) is -2.38. The summed E-state index contributed by atoms with van der Waals surface area (Å²) >= 11 is 0. The molecule has 6 atom stereocenters. The number of aliphatic hydroxyl groups is 1. The van der Waals surface area contributed by atoms with Crippen molar-refractivity contribution in [3.8, 4) is 0 Å². The van der Waals surface area contributed by atoms with Crippen molar-refractivity contribution in [2.24, 2.45) is 11.8 Å². The first-order chi connectivity index (χ1) is 25.0. The van der Waals surface area contributed by atoms with E-state index in [1.54, 1.807) is 51.3 Å². The maximum atomic E-state index is 14.8. The number of pyridine rings is 1. The second-order valence-corrected chi connectivity index (χ2v) is 13.2. The normalized spacial score (nSPS) is 26.6. The first-order valence-corrected chi connectivity index (χ1v) is 17.3. The SMILES string of the molecule is CC1=C\C(O)CC(F)Cc2nc(co2)C(=O)N2CCCC2C(=O)OC(C(C)COC(=O)Nc2cc3ccccc3cn2)C(C)/C=C/C(=O)NC\C=C\1. The fraction of sp³-hybridized carbons (Fsp3) is 0.421. The molecule has 0 aliphatic carbocycles. The number of hydrogen-bond donors (Lipinski definition) is 3. The molecular weight excluding hydrogens is 673 g/mol. The summed E-state index contributed by atoms with van der Waals surface area (Å²) in [4.78, 5) is 62.4. The smallest absolute Gasteiger partial charge is 0.412 e. The summed E-state index contributed by atoms with van der Waals surface area (Å²) < 4.78 is 31.8. The molecule has 3 N–H and O–H groups in total. The topological polar surface area (TPSA) is 173 Å². The summed E-state index contributed by atoms with van der Waals surface area (Å²) in [6, 6.07) is 8.37. The number of ether oxygens (including phenoxy) is 2. The summed E-state index contributed by atoms with van der Waals surface area (Å²) in [6.07, 6.45) is 6.82. The number of nitrogens with one attached hydrogen (secondary N) is 2. The number of aromatic nitrogens is 2. The molecule has 0 saturated carbocycles. The van der Waals surface area contributed by atoms with E-state index in [2.05, 4.69) is 20.6 Å². The highest BCUT2D eigenvalue weighted by Gasteiger charge is 2.39. The monoisotopic (exact) mass is 717 g/mol. The minimum Gasteiger partial charge on any atom is -0.460 e. The molecular formula is C38H44FN5O8. The molecule has 2 aliphatic rings. The second kappa shape index (κ2) is 17.7. The predicted octanol–water partition coefficient (Wildman–Crippen LogP) is 5.08. The number of cyclic esters (lactones) is 1. The lowest BCUT2D eigenvalue weighted by Crippen LogP contribution is -2.44. The van der Waals surface area contributed by atoms with Gasteiger partial charge in [-0.1, -0.05) is 68.0 Å². The van der Waals surface area contributed by atoms with Gasteiger partial charge in [0.15, 0.2) is 11.6 Å². The number of esters is 1. The number of allylic oxidation sites excluding steroid dienone is 2. The van der Waals surface area contributed by atoms with E-state index in [1.165, 1.54) is 17.1 Å². The van der Waals surface area contributed by atoms with Crippen molar-refractivity contribution in [2.45, 2.75) is 70.9 Å². The fourth-order valence-electron chi connectivity index (χ4n) is 6.23. The van der Waals surface area contributed by atoms with Gasteiger partial charge in [0.2, 0.25) is 5.91 Å². The van der Waals surface area contributed by atoms with Crippen molar-refractivity contribution in [3.63, 3.8) is 0 Å². The Balaban J connectivity index is 1.32. The van der Waals surface area contributed by atoms with Crippen molar-refractivity contribution in [2.75, 3.05) is 25.0 Å². The third-order valence-electron chi connectivity index (χ3n) is 8.90. The number of alkyl halides is 1. The van der Waals surface area contributed by atoms with E-state index in [4.69, 9.17) is 13.9 Å². The number of oxazole rings is 1. The van der Waals surface area contributed by atoms with Crippen LogP contribution in [0.5, 0.6) is 0 Å². The van der Waals surface area contributed by atoms with Gasteiger partial charge in [0.25, 0.3) is 5.91 Å². The maximum absolute atomic E-state index is 14.8. The lowest BCUT2D eigenvalue weighted by Gasteiger charge is -2.30. The molecule has 0 spiro atoms. The molecule has 1 fully saturated rings. The zero-order valence-corrected chi connectivity index (χ0v) is 29.4. The van der Waals surface area contributed by atoms with Crippen LogP contribution in [-0.4, -0.2) is 88.0 Å². The molecule has 2 aromatic heterocycles. The second-order valence-electron chi connectivity index (χ2n) is 13.2. The third-order valence-corrected chi connectivity index (χ3v) is 8.90. The number of nitrogens with zero attached hydrogens (tertiary/aromatic N) is 3. The number of benzene rings is 1. The fourth-order valence-corrected chi connectivity index (χ4v) is 6.23. The first kappa shape index (κ1) is 37.9. The number of halogens is 1. The molecule has 5 rings (SSSR count). The van der Waals surface area contributed by atoms with Crippen molar-refractivity contribution in [3.05, 3.63) is 90.3 Å². The number of aliphatic hydroxyl groups excluding tert-OH is 1. The number of anilines is 1. The van der Waals surface area contributed by atoms with Crippen LogP contribution in [0.25, 0.3) is 10.8 Å². The Bertz CT molecular complexity index is 1840. The Hall–Kier alpha value is -5.37. The Morgan fingerprint density at radius 2 is 2.00 bits per heavy atom. The van der Waals surface area contributed by atoms with Gasteiger partial charge in [-0.05, 0) is 37.3 Å². The molecule has 276 valence electrons. The summed E-state index contributed by atoms with van der Waals surface area (Å²) in [5.41, 5.74) is 0.595. The van der Waals surface area contributed by atoms with Gasteiger partial charge in [0.05, 0.1) is 19.1 Å². The Labute approximate surface area is 301 Å². The minimum absolute atomic E-state index is 0.00830. The lowest BCUT2D eigenvalue weighted by atomic mass is 9.93. The average Bonchev–Trinajstić information content (AvgIpc) is 3.80.